The third-order valence-corrected chi connectivity index (χ3v) is 6.14. The normalized spacial score (nSPS) is 25.9. The Balaban J connectivity index is 1.52. The Labute approximate surface area is 187 Å². The molecule has 5 nitrogen and oxygen atoms in total. The predicted molar refractivity (Wildman–Crippen MR) is 125 cm³/mol. The fraction of sp³-hybridized carbons (Fsp3) is 0.615. The molecule has 170 valence electrons. The average Bonchev–Trinajstić information content (AvgIpc) is 3.09. The third-order valence-electron chi connectivity index (χ3n) is 6.14. The molecule has 2 amide bonds. The zero-order valence-electron chi connectivity index (χ0n) is 19.4. The van der Waals surface area contributed by atoms with E-state index >= 15 is 0 Å². The lowest BCUT2D eigenvalue weighted by atomic mass is 9.85. The lowest BCUT2D eigenvalue weighted by molar-refractivity contribution is -0.117. The second-order valence-electron chi connectivity index (χ2n) is 9.93. The summed E-state index contributed by atoms with van der Waals surface area (Å²) >= 11 is 0. The number of likely N-dealkylation sites (tertiary alicyclic amines) is 1. The van der Waals surface area contributed by atoms with Crippen molar-refractivity contribution in [3.63, 3.8) is 0 Å². The Kier molecular flexibility index (Phi) is 8.16. The van der Waals surface area contributed by atoms with Crippen LogP contribution in [0.4, 0.5) is 4.79 Å². The maximum atomic E-state index is 12.8. The first-order valence-electron chi connectivity index (χ1n) is 11.9. The van der Waals surface area contributed by atoms with Crippen molar-refractivity contribution in [2.75, 3.05) is 13.1 Å². The van der Waals surface area contributed by atoms with Crippen LogP contribution in [0.5, 0.6) is 0 Å². The number of nitrogens with zero attached hydrogens (tertiary/aromatic N) is 1. The number of nitrogens with one attached hydrogen (secondary N) is 1. The molecular weight excluding hydrogens is 388 g/mol. The van der Waals surface area contributed by atoms with Crippen LogP contribution in [0.15, 0.2) is 47.6 Å². The molecule has 1 atom stereocenters. The molecule has 1 N–H and O–H groups in total. The van der Waals surface area contributed by atoms with Crippen molar-refractivity contribution in [3.05, 3.63) is 47.6 Å². The Morgan fingerprint density at radius 1 is 0.968 bits per heavy atom. The highest BCUT2D eigenvalue weighted by Crippen LogP contribution is 2.29. The fourth-order valence-electron chi connectivity index (χ4n) is 4.49. The number of carbonyl (C=O) groups is 2. The van der Waals surface area contributed by atoms with Crippen molar-refractivity contribution in [1.29, 1.82) is 0 Å². The minimum atomic E-state index is -0.512. The van der Waals surface area contributed by atoms with Crippen LogP contribution in [0.25, 0.3) is 0 Å². The van der Waals surface area contributed by atoms with E-state index in [2.05, 4.69) is 17.5 Å². The molecule has 1 aliphatic heterocycles. The monoisotopic (exact) mass is 426 g/mol. The first-order chi connectivity index (χ1) is 14.8. The second-order valence-corrected chi connectivity index (χ2v) is 9.93. The Bertz CT molecular complexity index is 762. The van der Waals surface area contributed by atoms with Gasteiger partial charge in [-0.15, -0.1) is 0 Å². The van der Waals surface area contributed by atoms with E-state index in [9.17, 15) is 9.59 Å². The maximum absolute atomic E-state index is 12.8. The molecule has 0 aromatic carbocycles. The molecule has 5 heteroatoms. The lowest BCUT2D eigenvalue weighted by Gasteiger charge is -2.24. The quantitative estimate of drug-likeness (QED) is 0.653. The summed E-state index contributed by atoms with van der Waals surface area (Å²) in [4.78, 5) is 26.7. The average molecular weight is 427 g/mol. The molecule has 2 fully saturated rings. The number of hydrogen-bond donors (Lipinski definition) is 1. The molecule has 0 aromatic rings. The summed E-state index contributed by atoms with van der Waals surface area (Å²) in [5, 5.41) is 3.07. The van der Waals surface area contributed by atoms with E-state index < -0.39 is 5.60 Å². The number of rotatable bonds is 3. The highest BCUT2D eigenvalue weighted by molar-refractivity contribution is 5.96. The van der Waals surface area contributed by atoms with E-state index in [1.54, 1.807) is 4.90 Å². The first-order valence-corrected chi connectivity index (χ1v) is 11.9. The van der Waals surface area contributed by atoms with Gasteiger partial charge in [0.05, 0.1) is 0 Å². The fourth-order valence-corrected chi connectivity index (χ4v) is 4.49. The second kappa shape index (κ2) is 10.8. The van der Waals surface area contributed by atoms with Gasteiger partial charge in [-0.3, -0.25) is 4.79 Å². The van der Waals surface area contributed by atoms with Crippen LogP contribution in [0.3, 0.4) is 0 Å². The summed E-state index contributed by atoms with van der Waals surface area (Å²) in [6.07, 6.45) is 21.8. The Morgan fingerprint density at radius 3 is 2.35 bits per heavy atom. The van der Waals surface area contributed by atoms with Gasteiger partial charge in [0.15, 0.2) is 0 Å². The van der Waals surface area contributed by atoms with Gasteiger partial charge in [0.2, 0.25) is 0 Å². The number of carbonyl (C=O) groups excluding carboxylic acids is 2. The van der Waals surface area contributed by atoms with Gasteiger partial charge in [-0.05, 0) is 63.7 Å². The van der Waals surface area contributed by atoms with Crippen molar-refractivity contribution in [2.45, 2.75) is 83.8 Å². The van der Waals surface area contributed by atoms with E-state index in [0.29, 0.717) is 24.6 Å². The van der Waals surface area contributed by atoms with E-state index in [0.717, 1.165) is 6.42 Å². The SMILES string of the molecule is CC(C)(C)OC(=O)N1CC[C@@H](NC(=O)C2=C/C=C\C(C3CCCCCCC3)=C/C=C2)C1. The Morgan fingerprint density at radius 2 is 1.65 bits per heavy atom. The highest BCUT2D eigenvalue weighted by atomic mass is 16.6. The van der Waals surface area contributed by atoms with Gasteiger partial charge < -0.3 is 15.0 Å². The Hall–Kier alpha value is -2.30. The van der Waals surface area contributed by atoms with Crippen LogP contribution in [0.1, 0.15) is 72.1 Å². The van der Waals surface area contributed by atoms with E-state index in [1.165, 1.54) is 50.5 Å². The predicted octanol–water partition coefficient (Wildman–Crippen LogP) is 5.45. The van der Waals surface area contributed by atoms with Gasteiger partial charge in [0.1, 0.15) is 5.60 Å². The van der Waals surface area contributed by atoms with Gasteiger partial charge >= 0.3 is 6.09 Å². The van der Waals surface area contributed by atoms with E-state index in [4.69, 9.17) is 4.74 Å². The molecule has 2 aliphatic carbocycles. The van der Waals surface area contributed by atoms with Gasteiger partial charge in [-0.1, -0.05) is 56.4 Å². The molecule has 3 aliphatic rings. The number of ether oxygens (including phenoxy) is 1. The summed E-state index contributed by atoms with van der Waals surface area (Å²) in [5.74, 6) is 0.530. The van der Waals surface area contributed by atoms with Crippen LogP contribution in [0.2, 0.25) is 0 Å². The summed E-state index contributed by atoms with van der Waals surface area (Å²) in [7, 11) is 0. The van der Waals surface area contributed by atoms with Gasteiger partial charge in [-0.2, -0.15) is 0 Å². The molecule has 0 radical (unpaired) electrons. The molecule has 0 unspecified atom stereocenters. The molecule has 0 spiro atoms. The van der Waals surface area contributed by atoms with Crippen molar-refractivity contribution >= 4 is 12.0 Å². The largest absolute Gasteiger partial charge is 0.444 e. The summed E-state index contributed by atoms with van der Waals surface area (Å²) in [5.41, 5.74) is 1.50. The minimum absolute atomic E-state index is 0.0511. The highest BCUT2D eigenvalue weighted by Gasteiger charge is 2.30. The van der Waals surface area contributed by atoms with Crippen LogP contribution in [0, 0.1) is 5.92 Å². The molecular formula is C26H38N2O3. The third kappa shape index (κ3) is 7.41. The molecule has 0 aromatic heterocycles. The lowest BCUT2D eigenvalue weighted by Crippen LogP contribution is -2.40. The van der Waals surface area contributed by atoms with Crippen molar-refractivity contribution in [1.82, 2.24) is 10.2 Å². The standard InChI is InChI=1S/C26H38N2O3/c1-26(2,3)31-25(30)28-18-17-23(19-28)27-24(29)22-15-9-13-21(14-10-16-22)20-11-7-5-4-6-8-12-20/h9-10,13-16,20,23H,4-8,11-12,17-19H2,1-3H3,(H,27,29)/b13-9-,14-10?,15-9?,16-10?,21-13?,21-14+,22-15?,22-16?/t23-/m1/s1. The molecule has 0 bridgehead atoms. The smallest absolute Gasteiger partial charge is 0.410 e. The van der Waals surface area contributed by atoms with Crippen LogP contribution >= 0.6 is 0 Å². The minimum Gasteiger partial charge on any atom is -0.444 e. The summed E-state index contributed by atoms with van der Waals surface area (Å²) < 4.78 is 5.43. The topological polar surface area (TPSA) is 58.6 Å². The molecule has 3 rings (SSSR count). The van der Waals surface area contributed by atoms with E-state index in [-0.39, 0.29) is 18.0 Å². The molecule has 1 heterocycles. The molecule has 1 saturated carbocycles. The molecule has 1 saturated heterocycles. The van der Waals surface area contributed by atoms with Crippen LogP contribution in [-0.4, -0.2) is 41.6 Å². The van der Waals surface area contributed by atoms with Crippen molar-refractivity contribution in [2.24, 2.45) is 5.92 Å². The zero-order chi connectivity index (χ0) is 22.3. The summed E-state index contributed by atoms with van der Waals surface area (Å²) in [6.45, 7) is 6.66. The summed E-state index contributed by atoms with van der Waals surface area (Å²) in [6, 6.07) is -0.0511. The van der Waals surface area contributed by atoms with Gasteiger partial charge in [0.25, 0.3) is 5.91 Å². The molecule has 31 heavy (non-hydrogen) atoms. The van der Waals surface area contributed by atoms with Gasteiger partial charge in [-0.25, -0.2) is 4.79 Å². The van der Waals surface area contributed by atoms with E-state index in [1.807, 2.05) is 45.1 Å². The van der Waals surface area contributed by atoms with Crippen LogP contribution < -0.4 is 5.32 Å². The van der Waals surface area contributed by atoms with Gasteiger partial charge in [0, 0.05) is 24.7 Å². The first kappa shape index (κ1) is 23.4. The van der Waals surface area contributed by atoms with Crippen molar-refractivity contribution in [3.8, 4) is 0 Å². The van der Waals surface area contributed by atoms with Crippen LogP contribution in [-0.2, 0) is 9.53 Å². The maximum Gasteiger partial charge on any atom is 0.410 e. The number of hydrogen-bond acceptors (Lipinski definition) is 3. The number of amides is 2. The number of allylic oxidation sites excluding steroid dienone is 6. The zero-order valence-corrected chi connectivity index (χ0v) is 19.4. The van der Waals surface area contributed by atoms with Crippen molar-refractivity contribution < 1.29 is 14.3 Å².